The topological polar surface area (TPSA) is 147 Å². The second-order valence-electron chi connectivity index (χ2n) is 9.02. The van der Waals surface area contributed by atoms with Gasteiger partial charge in [0.15, 0.2) is 0 Å². The molecule has 0 aliphatic carbocycles. The van der Waals surface area contributed by atoms with Crippen LogP contribution < -0.4 is 5.32 Å². The molecule has 2 aliphatic rings. The van der Waals surface area contributed by atoms with E-state index in [9.17, 15) is 27.6 Å². The Kier molecular flexibility index (Phi) is 8.98. The lowest BCUT2D eigenvalue weighted by Gasteiger charge is -2.27. The number of rotatable bonds is 12. The van der Waals surface area contributed by atoms with Gasteiger partial charge in [0, 0.05) is 30.3 Å². The summed E-state index contributed by atoms with van der Waals surface area (Å²) >= 11 is 1.45. The quantitative estimate of drug-likeness (QED) is 0.173. The molecule has 1 fully saturated rings. The van der Waals surface area contributed by atoms with Gasteiger partial charge in [-0.25, -0.2) is 0 Å². The summed E-state index contributed by atoms with van der Waals surface area (Å²) in [5.41, 5.74) is 1.56. The van der Waals surface area contributed by atoms with Crippen molar-refractivity contribution in [3.63, 3.8) is 0 Å². The van der Waals surface area contributed by atoms with Crippen molar-refractivity contribution in [3.8, 4) is 0 Å². The summed E-state index contributed by atoms with van der Waals surface area (Å²) < 4.78 is 36.9. The summed E-state index contributed by atoms with van der Waals surface area (Å²) in [6, 6.07) is 10.2. The number of amides is 4. The molecule has 0 spiro atoms. The van der Waals surface area contributed by atoms with Gasteiger partial charge in [0.05, 0.1) is 16.0 Å². The Hall–Kier alpha value is -3.06. The Morgan fingerprint density at radius 2 is 1.71 bits per heavy atom. The van der Waals surface area contributed by atoms with Gasteiger partial charge in [-0.3, -0.25) is 33.9 Å². The Balaban J connectivity index is 1.18. The van der Waals surface area contributed by atoms with Crippen LogP contribution in [0.2, 0.25) is 0 Å². The van der Waals surface area contributed by atoms with E-state index in [4.69, 9.17) is 9.29 Å². The molecule has 4 rings (SSSR count). The normalized spacial score (nSPS) is 17.6. The number of piperidine rings is 1. The molecule has 0 aromatic heterocycles. The van der Waals surface area contributed by atoms with Crippen LogP contribution in [-0.4, -0.2) is 66.5 Å². The first kappa shape index (κ1) is 28.0. The number of benzene rings is 2. The van der Waals surface area contributed by atoms with E-state index in [1.54, 1.807) is 30.3 Å². The molecular formula is C26H28N2O8S2. The number of thioether (sulfide) groups is 1. The standard InChI is InChI=1S/C26H28N2O8S2/c29-22-13-12-20(24(30)27-22)28-25(31)19-6-3-7-21(23(19)26(28)32)37-16-4-15-36-14-2-1-5-17-8-10-18(11-9-17)38(33,34)35/h3,6-11,20H,1-2,4-5,12-16H2,(H,27,29,30)(H,33,34,35). The number of ether oxygens (including phenoxy) is 1. The van der Waals surface area contributed by atoms with E-state index in [2.05, 4.69) is 5.32 Å². The van der Waals surface area contributed by atoms with Gasteiger partial charge in [0.25, 0.3) is 21.9 Å². The molecule has 0 radical (unpaired) electrons. The fourth-order valence-electron chi connectivity index (χ4n) is 4.41. The van der Waals surface area contributed by atoms with Crippen molar-refractivity contribution in [1.29, 1.82) is 0 Å². The van der Waals surface area contributed by atoms with Gasteiger partial charge < -0.3 is 4.74 Å². The lowest BCUT2D eigenvalue weighted by Crippen LogP contribution is -2.54. The molecule has 4 amide bonds. The van der Waals surface area contributed by atoms with Gasteiger partial charge in [0.1, 0.15) is 6.04 Å². The smallest absolute Gasteiger partial charge is 0.294 e. The molecule has 0 bridgehead atoms. The average Bonchev–Trinajstić information content (AvgIpc) is 3.13. The molecule has 1 atom stereocenters. The van der Waals surface area contributed by atoms with Crippen LogP contribution >= 0.6 is 11.8 Å². The van der Waals surface area contributed by atoms with Crippen LogP contribution in [0.25, 0.3) is 0 Å². The molecule has 2 aromatic rings. The number of fused-ring (bicyclic) bond motifs is 1. The van der Waals surface area contributed by atoms with E-state index in [1.807, 2.05) is 0 Å². The molecule has 1 saturated heterocycles. The van der Waals surface area contributed by atoms with E-state index in [0.717, 1.165) is 36.1 Å². The fraction of sp³-hybridized carbons (Fsp3) is 0.385. The molecule has 38 heavy (non-hydrogen) atoms. The number of carbonyl (C=O) groups excluding carboxylic acids is 4. The minimum atomic E-state index is -4.18. The molecule has 202 valence electrons. The Morgan fingerprint density at radius 3 is 2.42 bits per heavy atom. The van der Waals surface area contributed by atoms with Crippen LogP contribution in [0.5, 0.6) is 0 Å². The first-order valence-electron chi connectivity index (χ1n) is 12.3. The number of hydrogen-bond acceptors (Lipinski definition) is 8. The van der Waals surface area contributed by atoms with Crippen LogP contribution in [0.15, 0.2) is 52.3 Å². The van der Waals surface area contributed by atoms with Crippen molar-refractivity contribution >= 4 is 45.5 Å². The third-order valence-corrected chi connectivity index (χ3v) is 8.36. The van der Waals surface area contributed by atoms with Crippen LogP contribution in [0, 0.1) is 0 Å². The summed E-state index contributed by atoms with van der Waals surface area (Å²) in [7, 11) is -4.18. The van der Waals surface area contributed by atoms with E-state index in [0.29, 0.717) is 29.4 Å². The van der Waals surface area contributed by atoms with E-state index >= 15 is 0 Å². The SMILES string of the molecule is O=C1CCC(N2C(=O)c3cccc(SCCCOCCCCc4ccc(S(=O)(=O)O)cc4)c3C2=O)C(=O)N1. The maximum absolute atomic E-state index is 13.1. The molecule has 2 heterocycles. The summed E-state index contributed by atoms with van der Waals surface area (Å²) in [5, 5.41) is 2.20. The number of carbonyl (C=O) groups is 4. The molecule has 2 N–H and O–H groups in total. The maximum Gasteiger partial charge on any atom is 0.294 e. The van der Waals surface area contributed by atoms with Gasteiger partial charge in [-0.05, 0) is 61.9 Å². The monoisotopic (exact) mass is 560 g/mol. The van der Waals surface area contributed by atoms with Gasteiger partial charge >= 0.3 is 0 Å². The molecule has 2 aliphatic heterocycles. The number of nitrogens with one attached hydrogen (secondary N) is 1. The minimum absolute atomic E-state index is 0.0789. The second kappa shape index (κ2) is 12.2. The van der Waals surface area contributed by atoms with Crippen LogP contribution in [-0.2, 0) is 30.9 Å². The number of unbranched alkanes of at least 4 members (excludes halogenated alkanes) is 1. The maximum atomic E-state index is 13.1. The zero-order valence-corrected chi connectivity index (χ0v) is 22.2. The van der Waals surface area contributed by atoms with Crippen LogP contribution in [0.4, 0.5) is 0 Å². The van der Waals surface area contributed by atoms with Crippen molar-refractivity contribution in [2.75, 3.05) is 19.0 Å². The van der Waals surface area contributed by atoms with Crippen molar-refractivity contribution in [3.05, 3.63) is 59.2 Å². The van der Waals surface area contributed by atoms with Gasteiger partial charge in [-0.1, -0.05) is 18.2 Å². The minimum Gasteiger partial charge on any atom is -0.381 e. The van der Waals surface area contributed by atoms with Crippen LogP contribution in [0.1, 0.15) is 58.4 Å². The Labute approximate surface area is 224 Å². The van der Waals surface area contributed by atoms with E-state index in [1.165, 1.54) is 23.9 Å². The highest BCUT2D eigenvalue weighted by atomic mass is 32.2. The summed E-state index contributed by atoms with van der Waals surface area (Å²) in [6.45, 7) is 1.13. The summed E-state index contributed by atoms with van der Waals surface area (Å²) in [4.78, 5) is 51.3. The predicted octanol–water partition coefficient (Wildman–Crippen LogP) is 2.86. The molecule has 2 aromatic carbocycles. The van der Waals surface area contributed by atoms with Crippen molar-refractivity contribution in [1.82, 2.24) is 10.2 Å². The summed E-state index contributed by atoms with van der Waals surface area (Å²) in [5.74, 6) is -1.38. The van der Waals surface area contributed by atoms with E-state index < -0.39 is 39.8 Å². The molecule has 12 heteroatoms. The highest BCUT2D eigenvalue weighted by Gasteiger charge is 2.45. The largest absolute Gasteiger partial charge is 0.381 e. The van der Waals surface area contributed by atoms with Crippen LogP contribution in [0.3, 0.4) is 0 Å². The highest BCUT2D eigenvalue weighted by Crippen LogP contribution is 2.34. The number of nitrogens with zero attached hydrogens (tertiary/aromatic N) is 1. The average molecular weight is 561 g/mol. The highest BCUT2D eigenvalue weighted by molar-refractivity contribution is 7.99. The lowest BCUT2D eigenvalue weighted by atomic mass is 10.0. The Morgan fingerprint density at radius 1 is 0.974 bits per heavy atom. The molecule has 0 saturated carbocycles. The van der Waals surface area contributed by atoms with Crippen molar-refractivity contribution < 1.29 is 36.9 Å². The molecule has 1 unspecified atom stereocenters. The number of hydrogen-bond donors (Lipinski definition) is 2. The third kappa shape index (κ3) is 6.49. The predicted molar refractivity (Wildman–Crippen MR) is 138 cm³/mol. The zero-order chi connectivity index (χ0) is 27.3. The van der Waals surface area contributed by atoms with Gasteiger partial charge in [0.2, 0.25) is 11.8 Å². The van der Waals surface area contributed by atoms with Crippen molar-refractivity contribution in [2.45, 2.75) is 54.4 Å². The zero-order valence-electron chi connectivity index (χ0n) is 20.6. The Bertz CT molecular complexity index is 1340. The van der Waals surface area contributed by atoms with Gasteiger partial charge in [-0.15, -0.1) is 11.8 Å². The van der Waals surface area contributed by atoms with E-state index in [-0.39, 0.29) is 23.3 Å². The first-order chi connectivity index (χ1) is 18.2. The lowest BCUT2D eigenvalue weighted by molar-refractivity contribution is -0.136. The number of aryl methyl sites for hydroxylation is 1. The summed E-state index contributed by atoms with van der Waals surface area (Å²) in [6.07, 6.45) is 3.42. The third-order valence-electron chi connectivity index (χ3n) is 6.35. The molecular weight excluding hydrogens is 532 g/mol. The fourth-order valence-corrected chi connectivity index (χ4v) is 5.89. The first-order valence-corrected chi connectivity index (χ1v) is 14.7. The second-order valence-corrected chi connectivity index (χ2v) is 11.6. The van der Waals surface area contributed by atoms with Gasteiger partial charge in [-0.2, -0.15) is 8.42 Å². The number of imide groups is 2. The molecule has 10 nitrogen and oxygen atoms in total. The van der Waals surface area contributed by atoms with Crippen molar-refractivity contribution in [2.24, 2.45) is 0 Å².